The second-order valence-corrected chi connectivity index (χ2v) is 4.92. The molecule has 0 N–H and O–H groups in total. The zero-order valence-electron chi connectivity index (χ0n) is 9.96. The number of carbonyl (C=O) groups is 1. The zero-order valence-corrected chi connectivity index (χ0v) is 11.5. The zero-order chi connectivity index (χ0) is 14.3. The Kier molecular flexibility index (Phi) is 3.01. The molecule has 3 rings (SSSR count). The molecular weight excluding hydrogens is 332 g/mol. The van der Waals surface area contributed by atoms with Crippen molar-refractivity contribution in [2.24, 2.45) is 0 Å². The van der Waals surface area contributed by atoms with Gasteiger partial charge in [0.1, 0.15) is 24.5 Å². The molecule has 102 valence electrons. The van der Waals surface area contributed by atoms with Crippen LogP contribution in [0.3, 0.4) is 0 Å². The van der Waals surface area contributed by atoms with Gasteiger partial charge >= 0.3 is 5.97 Å². The number of benzene rings is 1. The van der Waals surface area contributed by atoms with Gasteiger partial charge in [-0.3, -0.25) is 15.1 Å². The molecule has 1 aromatic carbocycles. The van der Waals surface area contributed by atoms with Crippen molar-refractivity contribution < 1.29 is 19.2 Å². The van der Waals surface area contributed by atoms with E-state index in [2.05, 4.69) is 20.9 Å². The van der Waals surface area contributed by atoms with Crippen LogP contribution in [0.1, 0.15) is 10.4 Å². The maximum atomic E-state index is 11.8. The van der Waals surface area contributed by atoms with E-state index in [1.165, 1.54) is 18.3 Å². The van der Waals surface area contributed by atoms with Gasteiger partial charge in [0.05, 0.1) is 20.3 Å². The molecule has 2 heterocycles. The molecule has 0 unspecified atom stereocenters. The maximum Gasteiger partial charge on any atom is 0.343 e. The number of hydrogen-bond donors (Lipinski definition) is 0. The molecule has 0 radical (unpaired) electrons. The fourth-order valence-electron chi connectivity index (χ4n) is 1.98. The van der Waals surface area contributed by atoms with Gasteiger partial charge in [-0.25, -0.2) is 4.79 Å². The van der Waals surface area contributed by atoms with E-state index in [4.69, 9.17) is 9.47 Å². The number of cyclic esters (lactones) is 1. The molecule has 0 spiro atoms. The lowest BCUT2D eigenvalue weighted by Gasteiger charge is -2.09. The van der Waals surface area contributed by atoms with Gasteiger partial charge in [0.15, 0.2) is 0 Å². The van der Waals surface area contributed by atoms with Gasteiger partial charge in [0.25, 0.3) is 5.69 Å². The third kappa shape index (κ3) is 1.97. The molecule has 20 heavy (non-hydrogen) atoms. The minimum Gasteiger partial charge on any atom is -0.488 e. The normalized spacial score (nSPS) is 14.2. The summed E-state index contributed by atoms with van der Waals surface area (Å²) in [5.74, 6) is -0.281. The minimum absolute atomic E-state index is 0.110. The van der Waals surface area contributed by atoms with Crippen molar-refractivity contribution in [2.45, 2.75) is 0 Å². The van der Waals surface area contributed by atoms with Crippen LogP contribution >= 0.6 is 15.9 Å². The Morgan fingerprint density at radius 2 is 2.05 bits per heavy atom. The first-order valence-electron chi connectivity index (χ1n) is 5.64. The quantitative estimate of drug-likeness (QED) is 0.450. The first kappa shape index (κ1) is 12.8. The Hall–Kier alpha value is -2.22. The largest absolute Gasteiger partial charge is 0.488 e. The fraction of sp³-hybridized carbons (Fsp3) is 0.167. The lowest BCUT2D eigenvalue weighted by Crippen LogP contribution is -2.05. The molecule has 0 aliphatic carbocycles. The predicted molar refractivity (Wildman–Crippen MR) is 71.9 cm³/mol. The summed E-state index contributed by atoms with van der Waals surface area (Å²) >= 11 is 3.24. The van der Waals surface area contributed by atoms with E-state index in [0.29, 0.717) is 15.4 Å². The highest BCUT2D eigenvalue weighted by atomic mass is 79.9. The fourth-order valence-corrected chi connectivity index (χ4v) is 2.53. The molecule has 0 amide bonds. The van der Waals surface area contributed by atoms with Crippen LogP contribution in [0.25, 0.3) is 10.9 Å². The van der Waals surface area contributed by atoms with Gasteiger partial charge in [0, 0.05) is 18.3 Å². The number of pyridine rings is 1. The number of nitro groups is 1. The number of ether oxygens (including phenoxy) is 2. The predicted octanol–water partition coefficient (Wildman–Crippen LogP) is 2.45. The van der Waals surface area contributed by atoms with E-state index in [-0.39, 0.29) is 30.2 Å². The summed E-state index contributed by atoms with van der Waals surface area (Å²) in [5.41, 5.74) is 0.548. The number of hydrogen-bond acceptors (Lipinski definition) is 6. The van der Waals surface area contributed by atoms with Gasteiger partial charge in [0.2, 0.25) is 0 Å². The highest BCUT2D eigenvalue weighted by Gasteiger charge is 2.23. The Balaban J connectivity index is 2.35. The number of non-ortho nitro benzene ring substituents is 1. The van der Waals surface area contributed by atoms with Crippen molar-refractivity contribution in [1.82, 2.24) is 4.98 Å². The third-order valence-electron chi connectivity index (χ3n) is 2.85. The summed E-state index contributed by atoms with van der Waals surface area (Å²) in [6.07, 6.45) is 1.35. The third-order valence-corrected chi connectivity index (χ3v) is 3.46. The average Bonchev–Trinajstić information content (AvgIpc) is 2.61. The number of esters is 1. The van der Waals surface area contributed by atoms with E-state index in [9.17, 15) is 14.9 Å². The van der Waals surface area contributed by atoms with E-state index in [1.54, 1.807) is 0 Å². The monoisotopic (exact) mass is 338 g/mol. The SMILES string of the molecule is O=C1OCCOc2c1cnc1c(Br)cc([N+](=O)[O-])cc21. The topological polar surface area (TPSA) is 91.6 Å². The Morgan fingerprint density at radius 1 is 1.30 bits per heavy atom. The number of fused-ring (bicyclic) bond motifs is 3. The second kappa shape index (κ2) is 4.71. The van der Waals surface area contributed by atoms with Crippen LogP contribution in [0.5, 0.6) is 5.75 Å². The lowest BCUT2D eigenvalue weighted by molar-refractivity contribution is -0.384. The number of aromatic nitrogens is 1. The van der Waals surface area contributed by atoms with Gasteiger partial charge in [-0.2, -0.15) is 0 Å². The first-order chi connectivity index (χ1) is 9.58. The van der Waals surface area contributed by atoms with Crippen molar-refractivity contribution in [2.75, 3.05) is 13.2 Å². The Morgan fingerprint density at radius 3 is 2.80 bits per heavy atom. The van der Waals surface area contributed by atoms with Crippen LogP contribution in [-0.2, 0) is 4.74 Å². The highest BCUT2D eigenvalue weighted by Crippen LogP contribution is 2.36. The Labute approximate surface area is 120 Å². The van der Waals surface area contributed by atoms with Crippen molar-refractivity contribution in [1.29, 1.82) is 0 Å². The number of rotatable bonds is 1. The molecule has 0 fully saturated rings. The number of nitrogens with zero attached hydrogens (tertiary/aromatic N) is 2. The molecule has 0 atom stereocenters. The molecule has 1 aliphatic heterocycles. The minimum atomic E-state index is -0.547. The molecular formula is C12H7BrN2O5. The summed E-state index contributed by atoms with van der Waals surface area (Å²) in [5, 5.41) is 11.3. The highest BCUT2D eigenvalue weighted by molar-refractivity contribution is 9.10. The number of carbonyl (C=O) groups excluding carboxylic acids is 1. The molecule has 2 aromatic rings. The molecule has 8 heteroatoms. The van der Waals surface area contributed by atoms with E-state index < -0.39 is 10.9 Å². The molecule has 0 saturated heterocycles. The van der Waals surface area contributed by atoms with Crippen molar-refractivity contribution in [3.63, 3.8) is 0 Å². The van der Waals surface area contributed by atoms with Gasteiger partial charge in [-0.05, 0) is 15.9 Å². The van der Waals surface area contributed by atoms with Crippen LogP contribution in [0.15, 0.2) is 22.8 Å². The number of halogens is 1. The summed E-state index contributed by atoms with van der Waals surface area (Å²) in [7, 11) is 0. The average molecular weight is 339 g/mol. The van der Waals surface area contributed by atoms with Crippen LogP contribution < -0.4 is 4.74 Å². The summed E-state index contributed by atoms with van der Waals surface area (Å²) in [6.45, 7) is 0.323. The number of nitro benzene ring substituents is 1. The second-order valence-electron chi connectivity index (χ2n) is 4.07. The van der Waals surface area contributed by atoms with Crippen LogP contribution in [0.2, 0.25) is 0 Å². The summed E-state index contributed by atoms with van der Waals surface area (Å²) in [6, 6.07) is 2.70. The summed E-state index contributed by atoms with van der Waals surface area (Å²) < 4.78 is 10.9. The first-order valence-corrected chi connectivity index (χ1v) is 6.44. The van der Waals surface area contributed by atoms with Crippen LogP contribution in [0, 0.1) is 10.1 Å². The molecule has 0 saturated carbocycles. The summed E-state index contributed by atoms with van der Waals surface area (Å²) in [4.78, 5) is 26.3. The maximum absolute atomic E-state index is 11.8. The molecule has 1 aliphatic rings. The van der Waals surface area contributed by atoms with E-state index in [1.807, 2.05) is 0 Å². The van der Waals surface area contributed by atoms with Crippen molar-refractivity contribution >= 4 is 38.5 Å². The van der Waals surface area contributed by atoms with Crippen molar-refractivity contribution in [3.8, 4) is 5.75 Å². The van der Waals surface area contributed by atoms with Gasteiger partial charge in [-0.15, -0.1) is 0 Å². The van der Waals surface area contributed by atoms with E-state index in [0.717, 1.165) is 0 Å². The van der Waals surface area contributed by atoms with Gasteiger partial charge in [-0.1, -0.05) is 0 Å². The van der Waals surface area contributed by atoms with Crippen molar-refractivity contribution in [3.05, 3.63) is 38.5 Å². The van der Waals surface area contributed by atoms with Crippen LogP contribution in [-0.4, -0.2) is 29.1 Å². The molecule has 1 aromatic heterocycles. The van der Waals surface area contributed by atoms with Crippen LogP contribution in [0.4, 0.5) is 5.69 Å². The smallest absolute Gasteiger partial charge is 0.343 e. The molecule has 0 bridgehead atoms. The lowest BCUT2D eigenvalue weighted by atomic mass is 10.1. The van der Waals surface area contributed by atoms with Gasteiger partial charge < -0.3 is 9.47 Å². The Bertz CT molecular complexity index is 746. The molecule has 7 nitrogen and oxygen atoms in total. The van der Waals surface area contributed by atoms with E-state index >= 15 is 0 Å². The standard InChI is InChI=1S/C12H7BrN2O5/c13-9-4-6(15(17)18)3-7-10(9)14-5-8-11(7)19-1-2-20-12(8)16/h3-5H,1-2H2.